The number of nitrogens with one attached hydrogen (secondary N) is 1. The van der Waals surface area contributed by atoms with Crippen molar-refractivity contribution in [2.45, 2.75) is 32.2 Å². The Morgan fingerprint density at radius 3 is 3.14 bits per heavy atom. The van der Waals surface area contributed by atoms with Gasteiger partial charge in [-0.25, -0.2) is 0 Å². The van der Waals surface area contributed by atoms with E-state index < -0.39 is 6.04 Å². The van der Waals surface area contributed by atoms with E-state index in [0.29, 0.717) is 12.1 Å². The number of carbonyl (C=O) groups is 1. The summed E-state index contributed by atoms with van der Waals surface area (Å²) in [6, 6.07) is -0.454. The minimum absolute atomic E-state index is 0.193. The van der Waals surface area contributed by atoms with Gasteiger partial charge >= 0.3 is 0 Å². The molecule has 3 N–H and O–H groups in total. The molecule has 14 heavy (non-hydrogen) atoms. The van der Waals surface area contributed by atoms with E-state index in [-0.39, 0.29) is 5.91 Å². The van der Waals surface area contributed by atoms with Gasteiger partial charge in [-0.2, -0.15) is 0 Å². The summed E-state index contributed by atoms with van der Waals surface area (Å²) in [5.74, 6) is -0.193. The number of hydrogen-bond donors (Lipinski definition) is 2. The number of nitrogens with two attached hydrogens (primary N) is 1. The second-order valence-corrected chi connectivity index (χ2v) is 3.15. The molecule has 1 heterocycles. The Balaban J connectivity index is 2.34. The maximum Gasteiger partial charge on any atom is 0.241 e. The lowest BCUT2D eigenvalue weighted by molar-refractivity contribution is -0.117. The minimum Gasteiger partial charge on any atom is -0.363 e. The molecule has 0 radical (unpaired) electrons. The molecule has 0 aromatic carbocycles. The van der Waals surface area contributed by atoms with Crippen LogP contribution in [0.2, 0.25) is 0 Å². The second-order valence-electron chi connectivity index (χ2n) is 3.15. The van der Waals surface area contributed by atoms with Gasteiger partial charge in [-0.1, -0.05) is 24.9 Å². The van der Waals surface area contributed by atoms with E-state index in [1.54, 1.807) is 0 Å². The number of unbranched alkanes of at least 4 members (excludes halogenated alkanes) is 1. The summed E-state index contributed by atoms with van der Waals surface area (Å²) in [7, 11) is 0. The zero-order valence-corrected chi connectivity index (χ0v) is 8.19. The normalized spacial score (nSPS) is 12.4. The highest BCUT2D eigenvalue weighted by Crippen LogP contribution is 2.05. The second kappa shape index (κ2) is 5.39. The van der Waals surface area contributed by atoms with E-state index in [0.717, 1.165) is 12.8 Å². The van der Waals surface area contributed by atoms with Gasteiger partial charge in [0.2, 0.25) is 5.91 Å². The van der Waals surface area contributed by atoms with E-state index in [9.17, 15) is 4.79 Å². The molecule has 1 aromatic heterocycles. The van der Waals surface area contributed by atoms with Gasteiger partial charge in [0.1, 0.15) is 12.0 Å². The van der Waals surface area contributed by atoms with Crippen LogP contribution in [0.3, 0.4) is 0 Å². The fraction of sp³-hybridized carbons (Fsp3) is 0.556. The molecule has 1 atom stereocenters. The number of nitrogens with zero attached hydrogens (tertiary/aromatic N) is 1. The number of aromatic nitrogens is 1. The van der Waals surface area contributed by atoms with Crippen molar-refractivity contribution < 1.29 is 9.32 Å². The maximum absolute atomic E-state index is 11.4. The third kappa shape index (κ3) is 3.18. The Morgan fingerprint density at radius 2 is 2.57 bits per heavy atom. The van der Waals surface area contributed by atoms with Gasteiger partial charge in [-0.15, -0.1) is 0 Å². The molecule has 0 saturated carbocycles. The van der Waals surface area contributed by atoms with Crippen LogP contribution in [-0.2, 0) is 4.79 Å². The molecule has 1 aromatic rings. The molecular weight excluding hydrogens is 182 g/mol. The lowest BCUT2D eigenvalue weighted by Gasteiger charge is -2.09. The smallest absolute Gasteiger partial charge is 0.241 e. The highest BCUT2D eigenvalue weighted by atomic mass is 16.5. The molecule has 5 nitrogen and oxygen atoms in total. The fourth-order valence-corrected chi connectivity index (χ4v) is 1.06. The van der Waals surface area contributed by atoms with Gasteiger partial charge in [-0.3, -0.25) is 4.79 Å². The van der Waals surface area contributed by atoms with Crippen molar-refractivity contribution in [1.29, 1.82) is 0 Å². The van der Waals surface area contributed by atoms with Crippen LogP contribution in [0.4, 0.5) is 5.69 Å². The first-order chi connectivity index (χ1) is 6.74. The first kappa shape index (κ1) is 10.7. The average molecular weight is 197 g/mol. The lowest BCUT2D eigenvalue weighted by atomic mass is 10.1. The lowest BCUT2D eigenvalue weighted by Crippen LogP contribution is -2.35. The molecule has 0 fully saturated rings. The summed E-state index contributed by atoms with van der Waals surface area (Å²) in [4.78, 5) is 11.4. The van der Waals surface area contributed by atoms with E-state index in [4.69, 9.17) is 5.73 Å². The molecule has 0 aliphatic carbocycles. The number of amides is 1. The van der Waals surface area contributed by atoms with Crippen molar-refractivity contribution in [3.63, 3.8) is 0 Å². The van der Waals surface area contributed by atoms with Crippen molar-refractivity contribution in [2.75, 3.05) is 5.32 Å². The molecule has 5 heteroatoms. The zero-order valence-electron chi connectivity index (χ0n) is 8.19. The molecule has 0 saturated heterocycles. The van der Waals surface area contributed by atoms with E-state index in [1.807, 2.05) is 0 Å². The van der Waals surface area contributed by atoms with Crippen molar-refractivity contribution in [3.8, 4) is 0 Å². The summed E-state index contributed by atoms with van der Waals surface area (Å²) in [5, 5.41) is 6.08. The van der Waals surface area contributed by atoms with Crippen LogP contribution >= 0.6 is 0 Å². The van der Waals surface area contributed by atoms with Crippen LogP contribution in [-0.4, -0.2) is 17.1 Å². The van der Waals surface area contributed by atoms with Crippen LogP contribution < -0.4 is 11.1 Å². The fourth-order valence-electron chi connectivity index (χ4n) is 1.06. The van der Waals surface area contributed by atoms with E-state index in [2.05, 4.69) is 21.9 Å². The van der Waals surface area contributed by atoms with E-state index >= 15 is 0 Å². The molecular formula is C9H15N3O2. The zero-order chi connectivity index (χ0) is 10.4. The van der Waals surface area contributed by atoms with E-state index in [1.165, 1.54) is 12.5 Å². The molecule has 1 amide bonds. The van der Waals surface area contributed by atoms with Gasteiger partial charge < -0.3 is 15.6 Å². The Hall–Kier alpha value is -1.36. The topological polar surface area (TPSA) is 81.2 Å². The highest BCUT2D eigenvalue weighted by molar-refractivity contribution is 5.94. The molecule has 0 aliphatic heterocycles. The van der Waals surface area contributed by atoms with Crippen LogP contribution in [0.25, 0.3) is 0 Å². The van der Waals surface area contributed by atoms with Gasteiger partial charge in [0.25, 0.3) is 0 Å². The number of anilines is 1. The number of rotatable bonds is 5. The van der Waals surface area contributed by atoms with Crippen LogP contribution in [0, 0.1) is 0 Å². The maximum atomic E-state index is 11.4. The highest BCUT2D eigenvalue weighted by Gasteiger charge is 2.13. The monoisotopic (exact) mass is 197 g/mol. The van der Waals surface area contributed by atoms with Crippen LogP contribution in [0.15, 0.2) is 17.0 Å². The van der Waals surface area contributed by atoms with Crippen molar-refractivity contribution in [3.05, 3.63) is 12.5 Å². The molecule has 0 bridgehead atoms. The average Bonchev–Trinajstić information content (AvgIpc) is 2.66. The van der Waals surface area contributed by atoms with Crippen LogP contribution in [0.1, 0.15) is 26.2 Å². The van der Waals surface area contributed by atoms with Crippen molar-refractivity contribution in [2.24, 2.45) is 5.73 Å². The molecule has 0 spiro atoms. The third-order valence-electron chi connectivity index (χ3n) is 1.91. The quantitative estimate of drug-likeness (QED) is 0.741. The first-order valence-electron chi connectivity index (χ1n) is 4.70. The Bertz CT molecular complexity index is 272. The standard InChI is InChI=1S/C9H15N3O2/c1-2-3-4-8(10)9(13)12-7-5-11-14-6-7/h5-6,8H,2-4,10H2,1H3,(H,12,13). The molecule has 0 aliphatic rings. The molecule has 78 valence electrons. The van der Waals surface area contributed by atoms with Crippen molar-refractivity contribution in [1.82, 2.24) is 5.16 Å². The Labute approximate surface area is 82.6 Å². The van der Waals surface area contributed by atoms with Gasteiger partial charge in [0.15, 0.2) is 0 Å². The van der Waals surface area contributed by atoms with Gasteiger partial charge in [-0.05, 0) is 6.42 Å². The minimum atomic E-state index is -0.454. The predicted octanol–water partition coefficient (Wildman–Crippen LogP) is 1.13. The van der Waals surface area contributed by atoms with Crippen molar-refractivity contribution >= 4 is 11.6 Å². The predicted molar refractivity (Wildman–Crippen MR) is 52.6 cm³/mol. The summed E-state index contributed by atoms with van der Waals surface area (Å²) in [6.07, 6.45) is 5.50. The summed E-state index contributed by atoms with van der Waals surface area (Å²) in [5.41, 5.74) is 6.20. The Morgan fingerprint density at radius 1 is 1.79 bits per heavy atom. The number of hydrogen-bond acceptors (Lipinski definition) is 4. The Kier molecular flexibility index (Phi) is 4.12. The van der Waals surface area contributed by atoms with Gasteiger partial charge in [0, 0.05) is 0 Å². The molecule has 1 unspecified atom stereocenters. The number of carbonyl (C=O) groups excluding carboxylic acids is 1. The molecule has 1 rings (SSSR count). The largest absolute Gasteiger partial charge is 0.363 e. The first-order valence-corrected chi connectivity index (χ1v) is 4.70. The third-order valence-corrected chi connectivity index (χ3v) is 1.91. The summed E-state index contributed by atoms with van der Waals surface area (Å²) >= 11 is 0. The SMILES string of the molecule is CCCCC(N)C(=O)Nc1cnoc1. The summed E-state index contributed by atoms with van der Waals surface area (Å²) in [6.45, 7) is 2.06. The van der Waals surface area contributed by atoms with Crippen LogP contribution in [0.5, 0.6) is 0 Å². The summed E-state index contributed by atoms with van der Waals surface area (Å²) < 4.78 is 4.57. The van der Waals surface area contributed by atoms with Gasteiger partial charge in [0.05, 0.1) is 12.2 Å².